The molecule has 3 N–H and O–H groups in total. The second kappa shape index (κ2) is 11.9. The van der Waals surface area contributed by atoms with E-state index in [4.69, 9.17) is 24.5 Å². The molecule has 0 saturated carbocycles. The van der Waals surface area contributed by atoms with E-state index in [2.05, 4.69) is 20.0 Å². The smallest absolute Gasteiger partial charge is 0.335 e. The van der Waals surface area contributed by atoms with Crippen LogP contribution < -0.4 is 10.8 Å². The van der Waals surface area contributed by atoms with Gasteiger partial charge in [0.25, 0.3) is 7.52 Å². The molecule has 0 radical (unpaired) electrons. The zero-order valence-corrected chi connectivity index (χ0v) is 22.1. The normalized spacial score (nSPS) is 15.5. The maximum Gasteiger partial charge on any atom is 0.335 e. The molecule has 0 aliphatic carbocycles. The highest BCUT2D eigenvalue weighted by atomic mass is 31.2. The first-order valence-corrected chi connectivity index (χ1v) is 13.1. The summed E-state index contributed by atoms with van der Waals surface area (Å²) in [5.41, 5.74) is 5.42. The van der Waals surface area contributed by atoms with Crippen LogP contribution in [0.3, 0.4) is 0 Å². The van der Waals surface area contributed by atoms with Crippen LogP contribution in [-0.4, -0.2) is 68.3 Å². The molecule has 0 fully saturated rings. The number of rotatable bonds is 13. The number of ether oxygens (including phenoxy) is 3. The number of esters is 2. The molecular weight excluding hydrogens is 479 g/mol. The fraction of sp³-hybridized carbons (Fsp3) is 0.667. The van der Waals surface area contributed by atoms with Gasteiger partial charge in [0.05, 0.1) is 31.7 Å². The molecule has 0 aromatic carbocycles. The second-order valence-electron chi connectivity index (χ2n) is 8.80. The van der Waals surface area contributed by atoms with E-state index in [1.807, 2.05) is 0 Å². The lowest BCUT2D eigenvalue weighted by molar-refractivity contribution is -0.153. The van der Waals surface area contributed by atoms with E-state index in [1.165, 1.54) is 27.1 Å². The van der Waals surface area contributed by atoms with Crippen molar-refractivity contribution in [1.29, 1.82) is 0 Å². The van der Waals surface area contributed by atoms with Gasteiger partial charge in [-0.2, -0.15) is 0 Å². The average Bonchev–Trinajstić information content (AvgIpc) is 3.15. The van der Waals surface area contributed by atoms with Gasteiger partial charge >= 0.3 is 11.9 Å². The number of fused-ring (bicyclic) bond motifs is 1. The molecule has 0 spiro atoms. The summed E-state index contributed by atoms with van der Waals surface area (Å²) in [5, 5.41) is 2.72. The Morgan fingerprint density at radius 1 is 1.20 bits per heavy atom. The van der Waals surface area contributed by atoms with Crippen LogP contribution in [0, 0.1) is 0 Å². The van der Waals surface area contributed by atoms with Crippen molar-refractivity contribution < 1.29 is 32.9 Å². The number of anilines is 1. The third-order valence-corrected chi connectivity index (χ3v) is 6.71. The number of hydrogen-bond acceptors (Lipinski definition) is 11. The van der Waals surface area contributed by atoms with Crippen molar-refractivity contribution in [2.75, 3.05) is 18.7 Å². The van der Waals surface area contributed by atoms with Crippen LogP contribution >= 0.6 is 7.52 Å². The number of carbonyl (C=O) groups excluding carboxylic acids is 2. The molecule has 14 heteroatoms. The summed E-state index contributed by atoms with van der Waals surface area (Å²) in [7, 11) is -3.92. The van der Waals surface area contributed by atoms with Crippen molar-refractivity contribution in [3.05, 3.63) is 12.7 Å². The van der Waals surface area contributed by atoms with Crippen molar-refractivity contribution in [3.8, 4) is 0 Å². The summed E-state index contributed by atoms with van der Waals surface area (Å²) >= 11 is 0. The lowest BCUT2D eigenvalue weighted by Gasteiger charge is -2.32. The van der Waals surface area contributed by atoms with Crippen LogP contribution in [0.1, 0.15) is 48.5 Å². The number of nitrogens with zero attached hydrogens (tertiary/aromatic N) is 4. The Labute approximate surface area is 204 Å². The Bertz CT molecular complexity index is 1070. The van der Waals surface area contributed by atoms with Crippen LogP contribution in [0.4, 0.5) is 5.82 Å². The molecule has 2 aromatic rings. The van der Waals surface area contributed by atoms with Gasteiger partial charge in [0.1, 0.15) is 23.7 Å². The van der Waals surface area contributed by atoms with Gasteiger partial charge in [-0.25, -0.2) is 24.8 Å². The minimum Gasteiger partial charge on any atom is -0.464 e. The first-order chi connectivity index (χ1) is 16.3. The first kappa shape index (κ1) is 28.6. The highest BCUT2D eigenvalue weighted by molar-refractivity contribution is 7.56. The van der Waals surface area contributed by atoms with Gasteiger partial charge in [-0.3, -0.25) is 9.36 Å². The topological polar surface area (TPSA) is 170 Å². The minimum absolute atomic E-state index is 0.136. The van der Waals surface area contributed by atoms with E-state index in [-0.39, 0.29) is 18.5 Å². The summed E-state index contributed by atoms with van der Waals surface area (Å²) in [6.07, 6.45) is 0.439. The molecule has 0 aliphatic heterocycles. The molecular formula is C21H35N6O7P. The standard InChI is InChI=1S/C21H35N6O7P/c1-8-31-19(28)15(5)34-35(30,26-21(6,7)20(29)33-13(2)3)12-32-14(4)9-27-11-25-16-17(22)23-10-24-18(16)27/h10-11,13-15H,8-9,12H2,1-7H3,(H,26,30)(H2,22,23,24)/t14-,15+,35-/m1/s1. The van der Waals surface area contributed by atoms with Gasteiger partial charge in [-0.1, -0.05) is 0 Å². The Kier molecular flexibility index (Phi) is 9.73. The van der Waals surface area contributed by atoms with Gasteiger partial charge in [0, 0.05) is 0 Å². The van der Waals surface area contributed by atoms with E-state index in [0.29, 0.717) is 17.7 Å². The quantitative estimate of drug-likeness (QED) is 0.296. The zero-order valence-electron chi connectivity index (χ0n) is 21.2. The molecule has 0 unspecified atom stereocenters. The number of aromatic nitrogens is 4. The van der Waals surface area contributed by atoms with Crippen LogP contribution in [0.5, 0.6) is 0 Å². The maximum atomic E-state index is 13.8. The number of hydrogen-bond donors (Lipinski definition) is 2. The van der Waals surface area contributed by atoms with Crippen molar-refractivity contribution in [1.82, 2.24) is 24.6 Å². The van der Waals surface area contributed by atoms with Crippen molar-refractivity contribution in [2.45, 2.75) is 78.9 Å². The Morgan fingerprint density at radius 3 is 2.51 bits per heavy atom. The monoisotopic (exact) mass is 514 g/mol. The van der Waals surface area contributed by atoms with Crippen LogP contribution in [0.25, 0.3) is 11.2 Å². The summed E-state index contributed by atoms with van der Waals surface area (Å²) < 4.78 is 37.1. The summed E-state index contributed by atoms with van der Waals surface area (Å²) in [6.45, 7) is 11.7. The van der Waals surface area contributed by atoms with Gasteiger partial charge in [0.15, 0.2) is 17.6 Å². The van der Waals surface area contributed by atoms with Crippen molar-refractivity contribution in [2.24, 2.45) is 0 Å². The molecule has 2 heterocycles. The minimum atomic E-state index is -3.92. The number of nitrogen functional groups attached to an aromatic ring is 1. The second-order valence-corrected chi connectivity index (χ2v) is 10.8. The first-order valence-electron chi connectivity index (χ1n) is 11.3. The number of carbonyl (C=O) groups is 2. The molecule has 0 aliphatic rings. The Hall–Kier alpha value is -2.60. The maximum absolute atomic E-state index is 13.8. The van der Waals surface area contributed by atoms with Crippen molar-refractivity contribution in [3.63, 3.8) is 0 Å². The van der Waals surface area contributed by atoms with Gasteiger partial charge in [-0.15, -0.1) is 0 Å². The third-order valence-electron chi connectivity index (χ3n) is 4.66. The van der Waals surface area contributed by atoms with Crippen molar-refractivity contribution >= 4 is 36.4 Å². The number of imidazole rings is 1. The van der Waals surface area contributed by atoms with E-state index in [9.17, 15) is 14.2 Å². The molecule has 2 aromatic heterocycles. The van der Waals surface area contributed by atoms with Crippen LogP contribution in [0.15, 0.2) is 12.7 Å². The molecule has 196 valence electrons. The predicted octanol–water partition coefficient (Wildman–Crippen LogP) is 2.25. The zero-order chi connectivity index (χ0) is 26.4. The molecule has 0 saturated heterocycles. The molecule has 3 atom stereocenters. The molecule has 2 rings (SSSR count). The Balaban J connectivity index is 2.17. The SMILES string of the molecule is CCOC(=O)[C@H](C)O[P@](=O)(CO[C@H](C)Cn1cnc2c(N)ncnc21)NC(C)(C)C(=O)OC(C)C. The van der Waals surface area contributed by atoms with Crippen LogP contribution in [0.2, 0.25) is 0 Å². The lowest BCUT2D eigenvalue weighted by Crippen LogP contribution is -2.48. The van der Waals surface area contributed by atoms with Crippen LogP contribution in [-0.2, 0) is 39.4 Å². The summed E-state index contributed by atoms with van der Waals surface area (Å²) in [4.78, 5) is 37.0. The highest BCUT2D eigenvalue weighted by Gasteiger charge is 2.41. The van der Waals surface area contributed by atoms with Gasteiger partial charge in [-0.05, 0) is 48.5 Å². The van der Waals surface area contributed by atoms with Gasteiger partial charge < -0.3 is 29.0 Å². The molecule has 0 bridgehead atoms. The van der Waals surface area contributed by atoms with E-state index in [1.54, 1.807) is 38.6 Å². The van der Waals surface area contributed by atoms with E-state index in [0.717, 1.165) is 0 Å². The van der Waals surface area contributed by atoms with E-state index < -0.39 is 43.6 Å². The summed E-state index contributed by atoms with van der Waals surface area (Å²) in [6, 6.07) is 0. The Morgan fingerprint density at radius 2 is 1.89 bits per heavy atom. The lowest BCUT2D eigenvalue weighted by atomic mass is 10.1. The number of nitrogens with two attached hydrogens (primary N) is 1. The molecule has 13 nitrogen and oxygen atoms in total. The fourth-order valence-corrected chi connectivity index (χ4v) is 5.24. The third kappa shape index (κ3) is 7.96. The highest BCUT2D eigenvalue weighted by Crippen LogP contribution is 2.46. The van der Waals surface area contributed by atoms with E-state index >= 15 is 0 Å². The predicted molar refractivity (Wildman–Crippen MR) is 128 cm³/mol. The number of nitrogens with one attached hydrogen (secondary N) is 1. The largest absolute Gasteiger partial charge is 0.464 e. The molecule has 0 amide bonds. The summed E-state index contributed by atoms with van der Waals surface area (Å²) in [5.74, 6) is -1.06. The average molecular weight is 515 g/mol. The van der Waals surface area contributed by atoms with Gasteiger partial charge in [0.2, 0.25) is 0 Å². The molecule has 35 heavy (non-hydrogen) atoms. The fourth-order valence-electron chi connectivity index (χ4n) is 3.07.